The van der Waals surface area contributed by atoms with E-state index in [1.54, 1.807) is 6.07 Å². The number of aryl methyl sites for hydroxylation is 1. The highest BCUT2D eigenvalue weighted by Gasteiger charge is 2.24. The van der Waals surface area contributed by atoms with Gasteiger partial charge in [-0.05, 0) is 28.1 Å². The van der Waals surface area contributed by atoms with Crippen LogP contribution in [0, 0.1) is 0 Å². The Hall–Kier alpha value is -1.32. The molecule has 2 rings (SSSR count). The second kappa shape index (κ2) is 5.58. The number of sulfonamides is 1. The van der Waals surface area contributed by atoms with E-state index in [0.29, 0.717) is 5.75 Å². The van der Waals surface area contributed by atoms with Crippen LogP contribution < -0.4 is 9.46 Å². The molecule has 2 aromatic rings. The summed E-state index contributed by atoms with van der Waals surface area (Å²) in [5, 5.41) is 7.41. The Morgan fingerprint density at radius 3 is 2.70 bits per heavy atom. The van der Waals surface area contributed by atoms with Crippen LogP contribution in [0.15, 0.2) is 27.8 Å². The van der Waals surface area contributed by atoms with Crippen LogP contribution >= 0.6 is 27.5 Å². The summed E-state index contributed by atoms with van der Waals surface area (Å²) in [6.07, 6.45) is 0. The van der Waals surface area contributed by atoms with Gasteiger partial charge in [0, 0.05) is 13.1 Å². The molecule has 108 valence electrons. The Morgan fingerprint density at radius 2 is 2.15 bits per heavy atom. The predicted octanol–water partition coefficient (Wildman–Crippen LogP) is 2.04. The standard InChI is InChI=1S/C10H10BrClN4O3S/c1-16-10(9(11)13-15-16)20(17,18)14-8-5-6(19-2)3-4-7(8)12/h3-5,14H,1-2H3. The molecular weight excluding hydrogens is 372 g/mol. The third kappa shape index (κ3) is 2.89. The molecular formula is C10H10BrClN4O3S. The Balaban J connectivity index is 2.43. The van der Waals surface area contributed by atoms with Crippen molar-refractivity contribution < 1.29 is 13.2 Å². The Labute approximate surface area is 129 Å². The zero-order chi connectivity index (χ0) is 14.9. The van der Waals surface area contributed by atoms with Crippen molar-refractivity contribution in [3.8, 4) is 5.75 Å². The lowest BCUT2D eigenvalue weighted by atomic mass is 10.3. The highest BCUT2D eigenvalue weighted by Crippen LogP contribution is 2.29. The molecule has 0 atom stereocenters. The van der Waals surface area contributed by atoms with Crippen molar-refractivity contribution in [2.75, 3.05) is 11.8 Å². The summed E-state index contributed by atoms with van der Waals surface area (Å²) in [6, 6.07) is 4.65. The van der Waals surface area contributed by atoms with Crippen LogP contribution in [0.1, 0.15) is 0 Å². The van der Waals surface area contributed by atoms with Crippen molar-refractivity contribution in [2.24, 2.45) is 7.05 Å². The molecule has 1 heterocycles. The number of nitrogens with one attached hydrogen (secondary N) is 1. The average Bonchev–Trinajstić information content (AvgIpc) is 2.72. The van der Waals surface area contributed by atoms with Gasteiger partial charge in [-0.1, -0.05) is 16.8 Å². The molecule has 0 saturated carbocycles. The molecule has 0 unspecified atom stereocenters. The van der Waals surface area contributed by atoms with E-state index >= 15 is 0 Å². The maximum atomic E-state index is 12.3. The summed E-state index contributed by atoms with van der Waals surface area (Å²) >= 11 is 9.01. The first kappa shape index (κ1) is 15.1. The van der Waals surface area contributed by atoms with Gasteiger partial charge in [0.05, 0.1) is 17.8 Å². The van der Waals surface area contributed by atoms with Crippen molar-refractivity contribution in [2.45, 2.75) is 5.03 Å². The van der Waals surface area contributed by atoms with Crippen molar-refractivity contribution in [1.82, 2.24) is 15.0 Å². The number of methoxy groups -OCH3 is 1. The van der Waals surface area contributed by atoms with Gasteiger partial charge < -0.3 is 4.74 Å². The first-order chi connectivity index (χ1) is 9.35. The van der Waals surface area contributed by atoms with Crippen molar-refractivity contribution in [3.63, 3.8) is 0 Å². The molecule has 0 bridgehead atoms. The summed E-state index contributed by atoms with van der Waals surface area (Å²) in [5.41, 5.74) is 0.208. The van der Waals surface area contributed by atoms with Gasteiger partial charge in [-0.15, -0.1) is 5.10 Å². The van der Waals surface area contributed by atoms with Crippen LogP contribution in [0.25, 0.3) is 0 Å². The van der Waals surface area contributed by atoms with Gasteiger partial charge in [0.1, 0.15) is 5.75 Å². The van der Waals surface area contributed by atoms with E-state index in [9.17, 15) is 8.42 Å². The zero-order valence-corrected chi connectivity index (χ0v) is 13.6. The minimum atomic E-state index is -3.88. The number of halogens is 2. The van der Waals surface area contributed by atoms with Gasteiger partial charge in [0.25, 0.3) is 10.0 Å². The van der Waals surface area contributed by atoms with Gasteiger partial charge in [-0.3, -0.25) is 4.72 Å². The predicted molar refractivity (Wildman–Crippen MR) is 77.5 cm³/mol. The fourth-order valence-corrected chi connectivity index (χ4v) is 3.90. The highest BCUT2D eigenvalue weighted by atomic mass is 79.9. The lowest BCUT2D eigenvalue weighted by molar-refractivity contribution is 0.415. The summed E-state index contributed by atoms with van der Waals surface area (Å²) in [5.74, 6) is 0.481. The number of nitrogens with zero attached hydrogens (tertiary/aromatic N) is 3. The number of benzene rings is 1. The molecule has 0 radical (unpaired) electrons. The quantitative estimate of drug-likeness (QED) is 0.876. The maximum absolute atomic E-state index is 12.3. The van der Waals surface area contributed by atoms with Gasteiger partial charge in [0.2, 0.25) is 5.03 Å². The lowest BCUT2D eigenvalue weighted by Gasteiger charge is -2.10. The molecule has 0 aliphatic rings. The van der Waals surface area contributed by atoms with E-state index in [-0.39, 0.29) is 20.3 Å². The van der Waals surface area contributed by atoms with Crippen molar-refractivity contribution in [3.05, 3.63) is 27.8 Å². The fraction of sp³-hybridized carbons (Fsp3) is 0.200. The van der Waals surface area contributed by atoms with Crippen molar-refractivity contribution in [1.29, 1.82) is 0 Å². The molecule has 10 heteroatoms. The van der Waals surface area contributed by atoms with Gasteiger partial charge in [0.15, 0.2) is 4.60 Å². The number of rotatable bonds is 4. The maximum Gasteiger partial charge on any atom is 0.281 e. The van der Waals surface area contributed by atoms with E-state index in [0.717, 1.165) is 4.68 Å². The number of hydrogen-bond donors (Lipinski definition) is 1. The molecule has 0 aliphatic carbocycles. The molecule has 0 aliphatic heterocycles. The molecule has 1 aromatic carbocycles. The third-order valence-corrected chi connectivity index (χ3v) is 4.99. The van der Waals surface area contributed by atoms with E-state index in [1.165, 1.54) is 26.3 Å². The topological polar surface area (TPSA) is 86.1 Å². The Morgan fingerprint density at radius 1 is 1.45 bits per heavy atom. The van der Waals surface area contributed by atoms with Crippen LogP contribution in [0.2, 0.25) is 5.02 Å². The van der Waals surface area contributed by atoms with Crippen LogP contribution in [0.4, 0.5) is 5.69 Å². The summed E-state index contributed by atoms with van der Waals surface area (Å²) in [4.78, 5) is 0. The lowest BCUT2D eigenvalue weighted by Crippen LogP contribution is -2.17. The van der Waals surface area contributed by atoms with Crippen LogP contribution in [0.5, 0.6) is 5.75 Å². The Kier molecular flexibility index (Phi) is 4.21. The number of ether oxygens (including phenoxy) is 1. The smallest absolute Gasteiger partial charge is 0.281 e. The summed E-state index contributed by atoms with van der Waals surface area (Å²) < 4.78 is 33.3. The molecule has 7 nitrogen and oxygen atoms in total. The monoisotopic (exact) mass is 380 g/mol. The summed E-state index contributed by atoms with van der Waals surface area (Å²) in [6.45, 7) is 0. The zero-order valence-electron chi connectivity index (χ0n) is 10.5. The second-order valence-electron chi connectivity index (χ2n) is 3.76. The summed E-state index contributed by atoms with van der Waals surface area (Å²) in [7, 11) is -0.931. The Bertz CT molecular complexity index is 727. The molecule has 1 N–H and O–H groups in total. The fourth-order valence-electron chi connectivity index (χ4n) is 1.51. The normalized spacial score (nSPS) is 11.4. The SMILES string of the molecule is COc1ccc(Cl)c(NS(=O)(=O)c2c(Br)nnn2C)c1. The van der Waals surface area contributed by atoms with Gasteiger partial charge in [-0.25, -0.2) is 4.68 Å². The molecule has 0 spiro atoms. The second-order valence-corrected chi connectivity index (χ2v) is 6.52. The van der Waals surface area contributed by atoms with Crippen LogP contribution in [0.3, 0.4) is 0 Å². The van der Waals surface area contributed by atoms with Gasteiger partial charge >= 0.3 is 0 Å². The highest BCUT2D eigenvalue weighted by molar-refractivity contribution is 9.10. The van der Waals surface area contributed by atoms with E-state index in [4.69, 9.17) is 16.3 Å². The molecule has 0 fully saturated rings. The number of aromatic nitrogens is 3. The minimum Gasteiger partial charge on any atom is -0.497 e. The minimum absolute atomic E-state index is 0.101. The molecule has 20 heavy (non-hydrogen) atoms. The number of hydrogen-bond acceptors (Lipinski definition) is 5. The van der Waals surface area contributed by atoms with E-state index in [2.05, 4.69) is 31.0 Å². The van der Waals surface area contributed by atoms with Crippen LogP contribution in [-0.2, 0) is 17.1 Å². The molecule has 0 saturated heterocycles. The first-order valence-electron chi connectivity index (χ1n) is 5.26. The largest absolute Gasteiger partial charge is 0.497 e. The van der Waals surface area contributed by atoms with Gasteiger partial charge in [-0.2, -0.15) is 8.42 Å². The van der Waals surface area contributed by atoms with Crippen molar-refractivity contribution >= 4 is 43.2 Å². The number of anilines is 1. The molecule has 1 aromatic heterocycles. The van der Waals surface area contributed by atoms with E-state index in [1.807, 2.05) is 0 Å². The van der Waals surface area contributed by atoms with E-state index < -0.39 is 10.0 Å². The average molecular weight is 382 g/mol. The molecule has 0 amide bonds. The third-order valence-electron chi connectivity index (χ3n) is 2.41. The van der Waals surface area contributed by atoms with Crippen LogP contribution in [-0.4, -0.2) is 30.5 Å². The first-order valence-corrected chi connectivity index (χ1v) is 7.92.